The number of benzene rings is 1. The minimum atomic E-state index is 0.183. The Bertz CT molecular complexity index is 626. The van der Waals surface area contributed by atoms with E-state index < -0.39 is 0 Å². The van der Waals surface area contributed by atoms with Gasteiger partial charge in [-0.3, -0.25) is 0 Å². The van der Waals surface area contributed by atoms with Gasteiger partial charge in [0.15, 0.2) is 0 Å². The van der Waals surface area contributed by atoms with Gasteiger partial charge in [0.1, 0.15) is 0 Å². The second kappa shape index (κ2) is 3.19. The normalized spacial score (nSPS) is 24.7. The quantitative estimate of drug-likeness (QED) is 0.680. The summed E-state index contributed by atoms with van der Waals surface area (Å²) >= 11 is 0. The number of nitrogens with zero attached hydrogens (tertiary/aromatic N) is 2. The highest BCUT2D eigenvalue weighted by Crippen LogP contribution is 2.49. The first-order valence-electron chi connectivity index (χ1n) is 6.77. The molecule has 1 atom stereocenters. The lowest BCUT2D eigenvalue weighted by Gasteiger charge is -2.44. The number of rotatable bonds is 0. The van der Waals surface area contributed by atoms with Gasteiger partial charge in [0.2, 0.25) is 0 Å². The van der Waals surface area contributed by atoms with Crippen molar-refractivity contribution in [3.63, 3.8) is 0 Å². The third-order valence-corrected chi connectivity index (χ3v) is 4.69. The third kappa shape index (κ3) is 1.04. The average Bonchev–Trinajstić information content (AvgIpc) is 2.95. The average molecular weight is 238 g/mol. The molecule has 2 heteroatoms. The molecule has 0 radical (unpaired) electrons. The molecule has 1 aromatic carbocycles. The number of para-hydroxylation sites is 1. The van der Waals surface area contributed by atoms with Gasteiger partial charge in [-0.25, -0.2) is 0 Å². The standard InChI is InChI=1S/C16H18N2/c1-12-6-3-7-13-15(12)18-11-5-9-16(18,2)14-8-4-10-17(13)14/h3-4,6-8,10H,5,9,11H2,1-2H3. The summed E-state index contributed by atoms with van der Waals surface area (Å²) in [6, 6.07) is 11.1. The Morgan fingerprint density at radius 1 is 1.17 bits per heavy atom. The molecule has 0 aliphatic carbocycles. The zero-order chi connectivity index (χ0) is 12.3. The van der Waals surface area contributed by atoms with Crippen LogP contribution in [0.5, 0.6) is 0 Å². The number of aromatic nitrogens is 1. The fraction of sp³-hybridized carbons (Fsp3) is 0.375. The van der Waals surface area contributed by atoms with Crippen molar-refractivity contribution in [2.45, 2.75) is 32.2 Å². The van der Waals surface area contributed by atoms with Gasteiger partial charge in [-0.05, 0) is 50.5 Å². The summed E-state index contributed by atoms with van der Waals surface area (Å²) in [7, 11) is 0. The fourth-order valence-electron chi connectivity index (χ4n) is 3.81. The topological polar surface area (TPSA) is 8.17 Å². The van der Waals surface area contributed by atoms with Gasteiger partial charge in [-0.2, -0.15) is 0 Å². The molecule has 1 saturated heterocycles. The maximum Gasteiger partial charge on any atom is 0.0780 e. The molecule has 4 rings (SSSR count). The second-order valence-corrected chi connectivity index (χ2v) is 5.74. The Morgan fingerprint density at radius 3 is 2.94 bits per heavy atom. The van der Waals surface area contributed by atoms with E-state index in [-0.39, 0.29) is 5.54 Å². The van der Waals surface area contributed by atoms with Crippen LogP contribution >= 0.6 is 0 Å². The van der Waals surface area contributed by atoms with E-state index in [0.29, 0.717) is 0 Å². The van der Waals surface area contributed by atoms with Crippen molar-refractivity contribution in [3.05, 3.63) is 47.8 Å². The number of fused-ring (bicyclic) bond motifs is 6. The summed E-state index contributed by atoms with van der Waals surface area (Å²) in [5.41, 5.74) is 5.79. The van der Waals surface area contributed by atoms with Crippen LogP contribution in [0.25, 0.3) is 5.69 Å². The molecule has 0 bridgehead atoms. The van der Waals surface area contributed by atoms with Crippen LogP contribution in [0, 0.1) is 6.92 Å². The SMILES string of the molecule is Cc1cccc2c1N1CCCC1(C)c1cccn1-2. The van der Waals surface area contributed by atoms with Gasteiger partial charge < -0.3 is 9.47 Å². The smallest absolute Gasteiger partial charge is 0.0780 e. The highest BCUT2D eigenvalue weighted by atomic mass is 15.3. The van der Waals surface area contributed by atoms with Crippen LogP contribution in [0.2, 0.25) is 0 Å². The molecule has 2 aromatic rings. The Morgan fingerprint density at radius 2 is 2.06 bits per heavy atom. The second-order valence-electron chi connectivity index (χ2n) is 5.74. The van der Waals surface area contributed by atoms with Crippen molar-refractivity contribution in [3.8, 4) is 5.69 Å². The van der Waals surface area contributed by atoms with Crippen molar-refractivity contribution in [2.75, 3.05) is 11.4 Å². The van der Waals surface area contributed by atoms with Crippen LogP contribution < -0.4 is 4.90 Å². The molecule has 2 aliphatic rings. The van der Waals surface area contributed by atoms with Crippen molar-refractivity contribution in [2.24, 2.45) is 0 Å². The van der Waals surface area contributed by atoms with E-state index in [1.165, 1.54) is 42.0 Å². The summed E-state index contributed by atoms with van der Waals surface area (Å²) in [6.07, 6.45) is 4.74. The van der Waals surface area contributed by atoms with Gasteiger partial charge in [-0.15, -0.1) is 0 Å². The summed E-state index contributed by atoms with van der Waals surface area (Å²) in [6.45, 7) is 5.80. The molecule has 3 heterocycles. The maximum absolute atomic E-state index is 2.62. The van der Waals surface area contributed by atoms with Gasteiger partial charge in [0.05, 0.1) is 16.9 Å². The number of hydrogen-bond donors (Lipinski definition) is 0. The molecule has 1 aromatic heterocycles. The first kappa shape index (κ1) is 10.2. The maximum atomic E-state index is 2.62. The predicted molar refractivity (Wildman–Crippen MR) is 74.4 cm³/mol. The zero-order valence-electron chi connectivity index (χ0n) is 11.0. The van der Waals surface area contributed by atoms with E-state index in [9.17, 15) is 0 Å². The fourth-order valence-corrected chi connectivity index (χ4v) is 3.81. The Labute approximate surface area is 108 Å². The predicted octanol–water partition coefficient (Wildman–Crippen LogP) is 3.61. The molecule has 1 fully saturated rings. The first-order valence-corrected chi connectivity index (χ1v) is 6.77. The first-order chi connectivity index (χ1) is 8.72. The van der Waals surface area contributed by atoms with Crippen LogP contribution in [0.3, 0.4) is 0 Å². The van der Waals surface area contributed by atoms with Crippen LogP contribution in [0.1, 0.15) is 31.0 Å². The van der Waals surface area contributed by atoms with Crippen LogP contribution in [0.15, 0.2) is 36.5 Å². The van der Waals surface area contributed by atoms with Gasteiger partial charge in [0.25, 0.3) is 0 Å². The molecule has 92 valence electrons. The van der Waals surface area contributed by atoms with E-state index in [1.807, 2.05) is 0 Å². The summed E-state index contributed by atoms with van der Waals surface area (Å²) in [5, 5.41) is 0. The lowest BCUT2D eigenvalue weighted by Crippen LogP contribution is -2.44. The van der Waals surface area contributed by atoms with E-state index in [4.69, 9.17) is 0 Å². The van der Waals surface area contributed by atoms with Crippen molar-refractivity contribution >= 4 is 5.69 Å². The molecule has 2 aliphatic heterocycles. The van der Waals surface area contributed by atoms with E-state index in [2.05, 4.69) is 59.8 Å². The third-order valence-electron chi connectivity index (χ3n) is 4.69. The molecule has 0 amide bonds. The van der Waals surface area contributed by atoms with Gasteiger partial charge in [0, 0.05) is 18.4 Å². The molecule has 1 unspecified atom stereocenters. The minimum Gasteiger partial charge on any atom is -0.359 e. The van der Waals surface area contributed by atoms with Crippen LogP contribution in [0.4, 0.5) is 5.69 Å². The molecule has 0 N–H and O–H groups in total. The number of hydrogen-bond acceptors (Lipinski definition) is 1. The summed E-state index contributed by atoms with van der Waals surface area (Å²) in [4.78, 5) is 2.62. The Balaban J connectivity index is 2.10. The molecular formula is C16H18N2. The van der Waals surface area contributed by atoms with Crippen molar-refractivity contribution in [1.29, 1.82) is 0 Å². The van der Waals surface area contributed by atoms with Crippen molar-refractivity contribution in [1.82, 2.24) is 4.57 Å². The number of anilines is 1. The molecule has 2 nitrogen and oxygen atoms in total. The van der Waals surface area contributed by atoms with Crippen LogP contribution in [-0.4, -0.2) is 11.1 Å². The largest absolute Gasteiger partial charge is 0.359 e. The zero-order valence-corrected chi connectivity index (χ0v) is 11.0. The Hall–Kier alpha value is -1.70. The van der Waals surface area contributed by atoms with Gasteiger partial charge >= 0.3 is 0 Å². The van der Waals surface area contributed by atoms with Gasteiger partial charge in [-0.1, -0.05) is 12.1 Å². The highest BCUT2D eigenvalue weighted by molar-refractivity contribution is 5.72. The molecule has 0 saturated carbocycles. The molecular weight excluding hydrogens is 220 g/mol. The molecule has 0 spiro atoms. The highest BCUT2D eigenvalue weighted by Gasteiger charge is 2.44. The monoisotopic (exact) mass is 238 g/mol. The Kier molecular flexibility index (Phi) is 1.82. The van der Waals surface area contributed by atoms with Crippen molar-refractivity contribution < 1.29 is 0 Å². The summed E-state index contributed by atoms with van der Waals surface area (Å²) in [5.74, 6) is 0. The van der Waals surface area contributed by atoms with E-state index in [0.717, 1.165) is 0 Å². The summed E-state index contributed by atoms with van der Waals surface area (Å²) < 4.78 is 2.38. The van der Waals surface area contributed by atoms with E-state index >= 15 is 0 Å². The minimum absolute atomic E-state index is 0.183. The lowest BCUT2D eigenvalue weighted by molar-refractivity contribution is 0.457. The number of aryl methyl sites for hydroxylation is 1. The molecule has 18 heavy (non-hydrogen) atoms. The lowest BCUT2D eigenvalue weighted by atomic mass is 9.90. The van der Waals surface area contributed by atoms with E-state index in [1.54, 1.807) is 0 Å². The van der Waals surface area contributed by atoms with Crippen LogP contribution in [-0.2, 0) is 5.54 Å².